The van der Waals surface area contributed by atoms with Crippen molar-refractivity contribution in [2.75, 3.05) is 13.2 Å². The van der Waals surface area contributed by atoms with Crippen LogP contribution in [-0.2, 0) is 28.6 Å². The van der Waals surface area contributed by atoms with Gasteiger partial charge >= 0.3 is 17.9 Å². The van der Waals surface area contributed by atoms with E-state index in [1.54, 1.807) is 0 Å². The molecular formula is C56H92O6. The van der Waals surface area contributed by atoms with Crippen LogP contribution in [0.25, 0.3) is 0 Å². The summed E-state index contributed by atoms with van der Waals surface area (Å²) in [5.74, 6) is -0.957. The third-order valence-electron chi connectivity index (χ3n) is 10.5. The highest BCUT2D eigenvalue weighted by atomic mass is 16.6. The molecule has 6 nitrogen and oxygen atoms in total. The summed E-state index contributed by atoms with van der Waals surface area (Å²) in [6, 6.07) is 0. The maximum Gasteiger partial charge on any atom is 0.306 e. The van der Waals surface area contributed by atoms with Gasteiger partial charge in [0.15, 0.2) is 6.10 Å². The Kier molecular flexibility index (Phi) is 47.0. The molecule has 0 fully saturated rings. The summed E-state index contributed by atoms with van der Waals surface area (Å²) in [5.41, 5.74) is 0. The average molecular weight is 861 g/mol. The van der Waals surface area contributed by atoms with Crippen molar-refractivity contribution < 1.29 is 28.6 Å². The lowest BCUT2D eigenvalue weighted by atomic mass is 10.1. The van der Waals surface area contributed by atoms with Gasteiger partial charge < -0.3 is 14.2 Å². The SMILES string of the molecule is CC\C=C/C=C\C=C/C=C\C=C\C=C/C=C\CCCCCC(=O)OCC(COC(=O)CCCCCCCCCCC)OC(=O)CCCCCCC/C=C\CCCCCCCCC. The van der Waals surface area contributed by atoms with Crippen LogP contribution in [0.3, 0.4) is 0 Å². The topological polar surface area (TPSA) is 78.9 Å². The number of hydrogen-bond donors (Lipinski definition) is 0. The van der Waals surface area contributed by atoms with E-state index in [0.717, 1.165) is 83.5 Å². The minimum Gasteiger partial charge on any atom is -0.462 e. The summed E-state index contributed by atoms with van der Waals surface area (Å²) in [4.78, 5) is 37.9. The monoisotopic (exact) mass is 861 g/mol. The third kappa shape index (κ3) is 47.4. The normalized spacial score (nSPS) is 12.9. The van der Waals surface area contributed by atoms with Gasteiger partial charge in [0.05, 0.1) is 0 Å². The minimum absolute atomic E-state index is 0.0956. The Morgan fingerprint density at radius 1 is 0.339 bits per heavy atom. The molecule has 0 aliphatic carbocycles. The van der Waals surface area contributed by atoms with E-state index in [-0.39, 0.29) is 31.1 Å². The molecule has 0 aliphatic heterocycles. The molecule has 0 N–H and O–H groups in total. The molecule has 0 saturated carbocycles. The summed E-state index contributed by atoms with van der Waals surface area (Å²) in [7, 11) is 0. The molecule has 0 spiro atoms. The zero-order valence-electron chi connectivity index (χ0n) is 40.1. The molecule has 0 aromatic rings. The largest absolute Gasteiger partial charge is 0.462 e. The van der Waals surface area contributed by atoms with Gasteiger partial charge in [0.1, 0.15) is 13.2 Å². The van der Waals surface area contributed by atoms with E-state index < -0.39 is 6.10 Å². The minimum atomic E-state index is -0.798. The Balaban J connectivity index is 4.46. The molecule has 6 heteroatoms. The van der Waals surface area contributed by atoms with Gasteiger partial charge in [-0.15, -0.1) is 0 Å². The molecule has 62 heavy (non-hydrogen) atoms. The zero-order chi connectivity index (χ0) is 45.1. The van der Waals surface area contributed by atoms with Crippen molar-refractivity contribution in [2.24, 2.45) is 0 Å². The van der Waals surface area contributed by atoms with Crippen LogP contribution in [0.15, 0.2) is 97.2 Å². The number of carbonyl (C=O) groups is 3. The van der Waals surface area contributed by atoms with Crippen LogP contribution in [0, 0.1) is 0 Å². The standard InChI is InChI=1S/C56H92O6/c1-4-7-10-13-16-19-21-23-25-27-28-29-31-32-34-37-40-43-46-49-55(58)61-52-53(51-60-54(57)48-45-42-39-36-18-15-12-9-6-3)62-56(59)50-47-44-41-38-35-33-30-26-24-22-20-17-14-11-8-5-2/h7,10,13,16,19,21,23,25-32,34,53H,4-6,8-9,11-12,14-15,17-18,20,22,24,33,35-52H2,1-3H3/b10-7-,16-13-,21-19-,25-23-,28-27+,30-26-,31-29-,34-32-. The molecule has 1 atom stereocenters. The van der Waals surface area contributed by atoms with Crippen molar-refractivity contribution in [3.05, 3.63) is 97.2 Å². The maximum absolute atomic E-state index is 12.8. The fraction of sp³-hybridized carbons (Fsp3) is 0.661. The maximum atomic E-state index is 12.8. The molecular weight excluding hydrogens is 769 g/mol. The Morgan fingerprint density at radius 3 is 1.05 bits per heavy atom. The van der Waals surface area contributed by atoms with Gasteiger partial charge in [-0.05, 0) is 64.2 Å². The molecule has 0 aliphatic rings. The number of hydrogen-bond acceptors (Lipinski definition) is 6. The molecule has 0 rings (SSSR count). The van der Waals surface area contributed by atoms with Gasteiger partial charge in [-0.3, -0.25) is 14.4 Å². The van der Waals surface area contributed by atoms with Crippen molar-refractivity contribution in [1.82, 2.24) is 0 Å². The van der Waals surface area contributed by atoms with Gasteiger partial charge in [-0.2, -0.15) is 0 Å². The van der Waals surface area contributed by atoms with Crippen LogP contribution in [0.5, 0.6) is 0 Å². The second-order valence-electron chi connectivity index (χ2n) is 16.5. The van der Waals surface area contributed by atoms with Gasteiger partial charge in [0.25, 0.3) is 0 Å². The molecule has 0 aromatic carbocycles. The molecule has 0 saturated heterocycles. The highest BCUT2D eigenvalue weighted by Gasteiger charge is 2.19. The van der Waals surface area contributed by atoms with Crippen LogP contribution >= 0.6 is 0 Å². The molecule has 0 amide bonds. The summed E-state index contributed by atoms with van der Waals surface area (Å²) < 4.78 is 16.7. The highest BCUT2D eigenvalue weighted by molar-refractivity contribution is 5.71. The van der Waals surface area contributed by atoms with E-state index in [9.17, 15) is 14.4 Å². The Labute approximate surface area is 381 Å². The number of allylic oxidation sites excluding steroid dienone is 16. The van der Waals surface area contributed by atoms with Crippen molar-refractivity contribution in [1.29, 1.82) is 0 Å². The number of unbranched alkanes of at least 4 members (excludes halogenated alkanes) is 23. The second kappa shape index (κ2) is 50.0. The molecule has 0 aromatic heterocycles. The first-order chi connectivity index (χ1) is 30.5. The van der Waals surface area contributed by atoms with E-state index >= 15 is 0 Å². The van der Waals surface area contributed by atoms with Crippen molar-refractivity contribution in [3.8, 4) is 0 Å². The summed E-state index contributed by atoms with van der Waals surface area (Å²) in [5, 5.41) is 0. The van der Waals surface area contributed by atoms with Crippen LogP contribution in [0.2, 0.25) is 0 Å². The fourth-order valence-corrected chi connectivity index (χ4v) is 6.71. The van der Waals surface area contributed by atoms with Crippen molar-refractivity contribution in [3.63, 3.8) is 0 Å². The first-order valence-corrected chi connectivity index (χ1v) is 25.3. The molecule has 0 bridgehead atoms. The number of carbonyl (C=O) groups excluding carboxylic acids is 3. The van der Waals surface area contributed by atoms with Crippen LogP contribution in [0.1, 0.15) is 220 Å². The molecule has 0 radical (unpaired) electrons. The average Bonchev–Trinajstić information content (AvgIpc) is 3.27. The Bertz CT molecular complexity index is 1260. The van der Waals surface area contributed by atoms with E-state index in [4.69, 9.17) is 14.2 Å². The summed E-state index contributed by atoms with van der Waals surface area (Å²) in [6.45, 7) is 6.41. The number of ether oxygens (including phenoxy) is 3. The molecule has 1 unspecified atom stereocenters. The lowest BCUT2D eigenvalue weighted by Gasteiger charge is -2.18. The van der Waals surface area contributed by atoms with Gasteiger partial charge in [0, 0.05) is 19.3 Å². The number of esters is 3. The predicted octanol–water partition coefficient (Wildman–Crippen LogP) is 16.6. The van der Waals surface area contributed by atoms with Crippen LogP contribution in [-0.4, -0.2) is 37.2 Å². The third-order valence-corrected chi connectivity index (χ3v) is 10.5. The van der Waals surface area contributed by atoms with E-state index in [1.165, 1.54) is 96.3 Å². The first kappa shape index (κ1) is 58.3. The lowest BCUT2D eigenvalue weighted by Crippen LogP contribution is -2.30. The highest BCUT2D eigenvalue weighted by Crippen LogP contribution is 2.14. The zero-order valence-corrected chi connectivity index (χ0v) is 40.1. The van der Waals surface area contributed by atoms with E-state index in [1.807, 2.05) is 72.9 Å². The first-order valence-electron chi connectivity index (χ1n) is 25.3. The fourth-order valence-electron chi connectivity index (χ4n) is 6.71. The van der Waals surface area contributed by atoms with Gasteiger partial charge in [0.2, 0.25) is 0 Å². The van der Waals surface area contributed by atoms with Crippen LogP contribution in [0.4, 0.5) is 0 Å². The Hall–Kier alpha value is -3.67. The predicted molar refractivity (Wildman–Crippen MR) is 265 cm³/mol. The van der Waals surface area contributed by atoms with Crippen molar-refractivity contribution >= 4 is 17.9 Å². The van der Waals surface area contributed by atoms with E-state index in [0.29, 0.717) is 19.3 Å². The Morgan fingerprint density at radius 2 is 0.645 bits per heavy atom. The lowest BCUT2D eigenvalue weighted by molar-refractivity contribution is -0.167. The number of rotatable bonds is 44. The smallest absolute Gasteiger partial charge is 0.306 e. The van der Waals surface area contributed by atoms with Crippen molar-refractivity contribution in [2.45, 2.75) is 226 Å². The summed E-state index contributed by atoms with van der Waals surface area (Å²) in [6.07, 6.45) is 65.3. The quantitative estimate of drug-likeness (QED) is 0.0200. The second-order valence-corrected chi connectivity index (χ2v) is 16.5. The van der Waals surface area contributed by atoms with Crippen LogP contribution < -0.4 is 0 Å². The molecule has 0 heterocycles. The van der Waals surface area contributed by atoms with Gasteiger partial charge in [-0.1, -0.05) is 234 Å². The molecule has 352 valence electrons. The van der Waals surface area contributed by atoms with Gasteiger partial charge in [-0.25, -0.2) is 0 Å². The van der Waals surface area contributed by atoms with E-state index in [2.05, 4.69) is 45.1 Å². The summed E-state index contributed by atoms with van der Waals surface area (Å²) >= 11 is 0.